The Morgan fingerprint density at radius 1 is 1.47 bits per heavy atom. The highest BCUT2D eigenvalue weighted by molar-refractivity contribution is 7.13. The van der Waals surface area contributed by atoms with Crippen molar-refractivity contribution < 1.29 is 0 Å². The predicted molar refractivity (Wildman–Crippen MR) is 74.6 cm³/mol. The third-order valence-corrected chi connectivity index (χ3v) is 4.53. The van der Waals surface area contributed by atoms with E-state index < -0.39 is 0 Å². The van der Waals surface area contributed by atoms with E-state index in [1.54, 1.807) is 11.3 Å². The topological polar surface area (TPSA) is 42.1 Å². The summed E-state index contributed by atoms with van der Waals surface area (Å²) in [6.07, 6.45) is 7.00. The molecular weight excluding hydrogens is 230 g/mol. The summed E-state index contributed by atoms with van der Waals surface area (Å²) in [5.74, 6) is 0.858. The lowest BCUT2D eigenvalue weighted by Gasteiger charge is -2.26. The summed E-state index contributed by atoms with van der Waals surface area (Å²) in [6.45, 7) is 3.13. The van der Waals surface area contributed by atoms with Crippen molar-refractivity contribution in [3.63, 3.8) is 0 Å². The van der Waals surface area contributed by atoms with Gasteiger partial charge < -0.3 is 10.6 Å². The fourth-order valence-corrected chi connectivity index (χ4v) is 3.40. The maximum atomic E-state index is 5.84. The quantitative estimate of drug-likeness (QED) is 0.896. The molecule has 0 aromatic carbocycles. The Kier molecular flexibility index (Phi) is 4.40. The van der Waals surface area contributed by atoms with Crippen molar-refractivity contribution in [2.45, 2.75) is 45.1 Å². The normalized spacial score (nSPS) is 19.2. The molecule has 1 unspecified atom stereocenters. The van der Waals surface area contributed by atoms with Crippen molar-refractivity contribution in [2.24, 2.45) is 11.7 Å². The first-order valence-electron chi connectivity index (χ1n) is 6.59. The van der Waals surface area contributed by atoms with Gasteiger partial charge in [0.15, 0.2) is 5.13 Å². The lowest BCUT2D eigenvalue weighted by Crippen LogP contribution is -2.26. The molecule has 1 aromatic heterocycles. The van der Waals surface area contributed by atoms with Gasteiger partial charge in [0.1, 0.15) is 0 Å². The summed E-state index contributed by atoms with van der Waals surface area (Å²) < 4.78 is 0. The average molecular weight is 253 g/mol. The molecule has 96 valence electrons. The number of anilines is 1. The zero-order valence-electron chi connectivity index (χ0n) is 10.9. The molecule has 0 bridgehead atoms. The summed E-state index contributed by atoms with van der Waals surface area (Å²) in [7, 11) is 2.15. The van der Waals surface area contributed by atoms with E-state index in [9.17, 15) is 0 Å². The van der Waals surface area contributed by atoms with Crippen LogP contribution < -0.4 is 10.6 Å². The van der Waals surface area contributed by atoms with Crippen LogP contribution in [0.1, 0.15) is 50.8 Å². The molecule has 0 aliphatic heterocycles. The number of hydrogen-bond donors (Lipinski definition) is 1. The smallest absolute Gasteiger partial charge is 0.185 e. The Bertz CT molecular complexity index is 342. The molecule has 2 rings (SSSR count). The van der Waals surface area contributed by atoms with Crippen molar-refractivity contribution in [1.29, 1.82) is 0 Å². The highest BCUT2D eigenvalue weighted by Gasteiger charge is 2.17. The van der Waals surface area contributed by atoms with Crippen molar-refractivity contribution in [2.75, 3.05) is 18.5 Å². The van der Waals surface area contributed by atoms with Crippen LogP contribution in [0.15, 0.2) is 5.38 Å². The van der Waals surface area contributed by atoms with Crippen LogP contribution in [0.25, 0.3) is 0 Å². The molecule has 1 aliphatic carbocycles. The number of nitrogens with two attached hydrogens (primary N) is 1. The largest absolute Gasteiger partial charge is 0.351 e. The van der Waals surface area contributed by atoms with Crippen molar-refractivity contribution in [3.8, 4) is 0 Å². The van der Waals surface area contributed by atoms with E-state index >= 15 is 0 Å². The van der Waals surface area contributed by atoms with E-state index in [1.165, 1.54) is 32.1 Å². The predicted octanol–water partition coefficient (Wildman–Crippen LogP) is 3.18. The first-order chi connectivity index (χ1) is 8.16. The first kappa shape index (κ1) is 12.8. The van der Waals surface area contributed by atoms with Gasteiger partial charge in [-0.3, -0.25) is 0 Å². The summed E-state index contributed by atoms with van der Waals surface area (Å²) in [6, 6.07) is 0.0445. The maximum Gasteiger partial charge on any atom is 0.185 e. The zero-order chi connectivity index (χ0) is 12.3. The molecule has 3 nitrogen and oxygen atoms in total. The monoisotopic (exact) mass is 253 g/mol. The van der Waals surface area contributed by atoms with Crippen LogP contribution >= 0.6 is 11.3 Å². The molecule has 1 heterocycles. The Labute approximate surface area is 108 Å². The van der Waals surface area contributed by atoms with Crippen LogP contribution in [0.2, 0.25) is 0 Å². The van der Waals surface area contributed by atoms with Crippen LogP contribution in [0, 0.1) is 5.92 Å². The summed E-state index contributed by atoms with van der Waals surface area (Å²) in [5.41, 5.74) is 6.85. The molecule has 2 N–H and O–H groups in total. The molecule has 0 saturated heterocycles. The summed E-state index contributed by atoms with van der Waals surface area (Å²) in [5, 5.41) is 3.19. The van der Waals surface area contributed by atoms with E-state index in [0.29, 0.717) is 0 Å². The van der Waals surface area contributed by atoms with Crippen LogP contribution in [-0.2, 0) is 0 Å². The molecular formula is C13H23N3S. The molecule has 1 atom stereocenters. The number of rotatable bonds is 4. The van der Waals surface area contributed by atoms with Gasteiger partial charge in [0, 0.05) is 25.0 Å². The number of thiazole rings is 1. The second kappa shape index (κ2) is 5.83. The first-order valence-corrected chi connectivity index (χ1v) is 7.47. The zero-order valence-corrected chi connectivity index (χ0v) is 11.7. The minimum absolute atomic E-state index is 0.0445. The SMILES string of the molecule is CC(N)c1csc(N(C)CC2CCCCC2)n1. The average Bonchev–Trinajstić information content (AvgIpc) is 2.79. The van der Waals surface area contributed by atoms with E-state index in [2.05, 4.69) is 22.3 Å². The van der Waals surface area contributed by atoms with Crippen LogP contribution in [0.5, 0.6) is 0 Å². The van der Waals surface area contributed by atoms with Gasteiger partial charge in [-0.2, -0.15) is 0 Å². The molecule has 1 saturated carbocycles. The Hall–Kier alpha value is -0.610. The number of nitrogens with zero attached hydrogens (tertiary/aromatic N) is 2. The van der Waals surface area contributed by atoms with Gasteiger partial charge in [-0.05, 0) is 25.7 Å². The van der Waals surface area contributed by atoms with E-state index in [0.717, 1.165) is 23.3 Å². The number of hydrogen-bond acceptors (Lipinski definition) is 4. The highest BCUT2D eigenvalue weighted by Crippen LogP contribution is 2.27. The van der Waals surface area contributed by atoms with Crippen molar-refractivity contribution >= 4 is 16.5 Å². The van der Waals surface area contributed by atoms with Gasteiger partial charge in [-0.1, -0.05) is 19.3 Å². The van der Waals surface area contributed by atoms with Crippen LogP contribution in [-0.4, -0.2) is 18.6 Å². The van der Waals surface area contributed by atoms with E-state index in [4.69, 9.17) is 5.73 Å². The van der Waals surface area contributed by atoms with Crippen LogP contribution in [0.4, 0.5) is 5.13 Å². The lowest BCUT2D eigenvalue weighted by atomic mass is 9.89. The van der Waals surface area contributed by atoms with Gasteiger partial charge in [0.2, 0.25) is 0 Å². The fraction of sp³-hybridized carbons (Fsp3) is 0.769. The minimum atomic E-state index is 0.0445. The molecule has 4 heteroatoms. The maximum absolute atomic E-state index is 5.84. The van der Waals surface area contributed by atoms with Gasteiger partial charge in [0.05, 0.1) is 5.69 Å². The van der Waals surface area contributed by atoms with Crippen molar-refractivity contribution in [3.05, 3.63) is 11.1 Å². The molecule has 0 spiro atoms. The number of aromatic nitrogens is 1. The van der Waals surface area contributed by atoms with E-state index in [1.807, 2.05) is 6.92 Å². The highest BCUT2D eigenvalue weighted by atomic mass is 32.1. The van der Waals surface area contributed by atoms with Gasteiger partial charge in [0.25, 0.3) is 0 Å². The Morgan fingerprint density at radius 3 is 2.76 bits per heavy atom. The standard InChI is InChI=1S/C13H23N3S/c1-10(14)12-9-17-13(15-12)16(2)8-11-6-4-3-5-7-11/h9-11H,3-8,14H2,1-2H3. The van der Waals surface area contributed by atoms with Crippen molar-refractivity contribution in [1.82, 2.24) is 4.98 Å². The van der Waals surface area contributed by atoms with Gasteiger partial charge in [-0.15, -0.1) is 11.3 Å². The fourth-order valence-electron chi connectivity index (χ4n) is 2.50. The lowest BCUT2D eigenvalue weighted by molar-refractivity contribution is 0.362. The molecule has 1 fully saturated rings. The third kappa shape index (κ3) is 3.42. The Morgan fingerprint density at radius 2 is 2.18 bits per heavy atom. The van der Waals surface area contributed by atoms with E-state index in [-0.39, 0.29) is 6.04 Å². The second-order valence-electron chi connectivity index (χ2n) is 5.23. The van der Waals surface area contributed by atoms with Gasteiger partial charge in [-0.25, -0.2) is 4.98 Å². The molecule has 0 amide bonds. The second-order valence-corrected chi connectivity index (χ2v) is 6.06. The summed E-state index contributed by atoms with van der Waals surface area (Å²) >= 11 is 1.71. The van der Waals surface area contributed by atoms with Gasteiger partial charge >= 0.3 is 0 Å². The molecule has 1 aromatic rings. The minimum Gasteiger partial charge on any atom is -0.351 e. The Balaban J connectivity index is 1.91. The molecule has 1 aliphatic rings. The molecule has 17 heavy (non-hydrogen) atoms. The third-order valence-electron chi connectivity index (χ3n) is 3.56. The molecule has 0 radical (unpaired) electrons. The summed E-state index contributed by atoms with van der Waals surface area (Å²) in [4.78, 5) is 6.89. The van der Waals surface area contributed by atoms with Crippen LogP contribution in [0.3, 0.4) is 0 Å².